The summed E-state index contributed by atoms with van der Waals surface area (Å²) < 4.78 is 32.0. The Bertz CT molecular complexity index is 536. The minimum Gasteiger partial charge on any atom is -0.383 e. The van der Waals surface area contributed by atoms with Crippen LogP contribution in [-0.2, 0) is 27.6 Å². The highest BCUT2D eigenvalue weighted by atomic mass is 35.5. The van der Waals surface area contributed by atoms with Crippen LogP contribution in [0.15, 0.2) is 23.1 Å². The highest BCUT2D eigenvalue weighted by Crippen LogP contribution is 2.17. The van der Waals surface area contributed by atoms with Crippen LogP contribution in [-0.4, -0.2) is 41.8 Å². The van der Waals surface area contributed by atoms with E-state index in [4.69, 9.17) is 4.74 Å². The largest absolute Gasteiger partial charge is 0.383 e. The van der Waals surface area contributed by atoms with Crippen LogP contribution in [0.1, 0.15) is 25.0 Å². The van der Waals surface area contributed by atoms with E-state index in [1.807, 2.05) is 13.0 Å². The van der Waals surface area contributed by atoms with Crippen LogP contribution in [0.2, 0.25) is 0 Å². The van der Waals surface area contributed by atoms with Gasteiger partial charge < -0.3 is 10.1 Å². The molecule has 0 radical (unpaired) electrons. The van der Waals surface area contributed by atoms with Gasteiger partial charge in [-0.25, -0.2) is 13.1 Å². The fourth-order valence-corrected chi connectivity index (χ4v) is 3.18. The second kappa shape index (κ2) is 11.0. The normalized spacial score (nSPS) is 11.2. The molecular formula is C15H27ClN2O3S. The first-order valence-corrected chi connectivity index (χ1v) is 8.84. The Morgan fingerprint density at radius 2 is 1.73 bits per heavy atom. The molecule has 22 heavy (non-hydrogen) atoms. The Kier molecular flexibility index (Phi) is 10.6. The van der Waals surface area contributed by atoms with Crippen molar-refractivity contribution in [2.24, 2.45) is 0 Å². The van der Waals surface area contributed by atoms with E-state index in [0.29, 0.717) is 31.1 Å². The summed E-state index contributed by atoms with van der Waals surface area (Å²) in [6.07, 6.45) is 1.76. The summed E-state index contributed by atoms with van der Waals surface area (Å²) in [5.41, 5.74) is 2.30. The lowest BCUT2D eigenvalue weighted by Crippen LogP contribution is -2.33. The van der Waals surface area contributed by atoms with Crippen molar-refractivity contribution in [3.05, 3.63) is 29.3 Å². The second-order valence-corrected chi connectivity index (χ2v) is 6.55. The molecule has 0 aliphatic carbocycles. The molecule has 0 aliphatic rings. The third-order valence-electron chi connectivity index (χ3n) is 3.33. The Morgan fingerprint density at radius 1 is 1.05 bits per heavy atom. The molecule has 0 fully saturated rings. The van der Waals surface area contributed by atoms with E-state index in [0.717, 1.165) is 18.4 Å². The zero-order valence-electron chi connectivity index (χ0n) is 13.5. The molecule has 0 heterocycles. The molecule has 0 spiro atoms. The second-order valence-electron chi connectivity index (χ2n) is 4.78. The maximum Gasteiger partial charge on any atom is 0.240 e. The van der Waals surface area contributed by atoms with Crippen molar-refractivity contribution in [1.82, 2.24) is 10.0 Å². The lowest BCUT2D eigenvalue weighted by Gasteiger charge is -2.11. The molecule has 1 aromatic rings. The lowest BCUT2D eigenvalue weighted by molar-refractivity contribution is 0.199. The van der Waals surface area contributed by atoms with Crippen LogP contribution in [0.4, 0.5) is 0 Å². The first-order chi connectivity index (χ1) is 10.0. The number of rotatable bonds is 10. The van der Waals surface area contributed by atoms with E-state index in [1.165, 1.54) is 5.56 Å². The van der Waals surface area contributed by atoms with Gasteiger partial charge in [-0.2, -0.15) is 0 Å². The fourth-order valence-electron chi connectivity index (χ4n) is 2.10. The Labute approximate surface area is 140 Å². The van der Waals surface area contributed by atoms with Gasteiger partial charge in [-0.05, 0) is 36.1 Å². The number of hydrogen-bond acceptors (Lipinski definition) is 4. The summed E-state index contributed by atoms with van der Waals surface area (Å²) in [5.74, 6) is 0. The Hall–Kier alpha value is -0.660. The van der Waals surface area contributed by atoms with Crippen molar-refractivity contribution in [2.45, 2.75) is 31.6 Å². The van der Waals surface area contributed by atoms with E-state index in [1.54, 1.807) is 19.2 Å². The molecule has 0 amide bonds. The van der Waals surface area contributed by atoms with Gasteiger partial charge in [0.25, 0.3) is 0 Å². The van der Waals surface area contributed by atoms with E-state index in [-0.39, 0.29) is 12.4 Å². The number of aryl methyl sites for hydroxylation is 2. The molecule has 7 heteroatoms. The molecule has 0 saturated carbocycles. The number of hydrogen-bond donors (Lipinski definition) is 2. The molecule has 1 aromatic carbocycles. The third-order valence-corrected chi connectivity index (χ3v) is 4.79. The van der Waals surface area contributed by atoms with Crippen LogP contribution < -0.4 is 10.0 Å². The SMILES string of the molecule is CCc1ccc(S(=O)(=O)NCCNCCOC)cc1CC.Cl. The summed E-state index contributed by atoms with van der Waals surface area (Å²) in [7, 11) is -1.80. The monoisotopic (exact) mass is 350 g/mol. The fraction of sp³-hybridized carbons (Fsp3) is 0.600. The zero-order chi connectivity index (χ0) is 15.7. The lowest BCUT2D eigenvalue weighted by atomic mass is 10.0. The van der Waals surface area contributed by atoms with Gasteiger partial charge in [0.05, 0.1) is 11.5 Å². The number of ether oxygens (including phenoxy) is 1. The van der Waals surface area contributed by atoms with Crippen LogP contribution in [0.25, 0.3) is 0 Å². The van der Waals surface area contributed by atoms with E-state index >= 15 is 0 Å². The van der Waals surface area contributed by atoms with Gasteiger partial charge in [0.2, 0.25) is 10.0 Å². The third kappa shape index (κ3) is 6.62. The van der Waals surface area contributed by atoms with Gasteiger partial charge in [0.1, 0.15) is 0 Å². The number of benzene rings is 1. The summed E-state index contributed by atoms with van der Waals surface area (Å²) in [6, 6.07) is 5.36. The van der Waals surface area contributed by atoms with E-state index in [9.17, 15) is 8.42 Å². The van der Waals surface area contributed by atoms with Crippen molar-refractivity contribution < 1.29 is 13.2 Å². The summed E-state index contributed by atoms with van der Waals surface area (Å²) in [4.78, 5) is 0.341. The number of sulfonamides is 1. The molecular weight excluding hydrogens is 324 g/mol. The molecule has 1 rings (SSSR count). The Balaban J connectivity index is 0.00000441. The van der Waals surface area contributed by atoms with Gasteiger partial charge in [0.15, 0.2) is 0 Å². The maximum atomic E-state index is 12.2. The minimum absolute atomic E-state index is 0. The van der Waals surface area contributed by atoms with Crippen LogP contribution >= 0.6 is 12.4 Å². The van der Waals surface area contributed by atoms with Crippen molar-refractivity contribution in [1.29, 1.82) is 0 Å². The highest BCUT2D eigenvalue weighted by Gasteiger charge is 2.14. The van der Waals surface area contributed by atoms with Crippen molar-refractivity contribution in [2.75, 3.05) is 33.4 Å². The first kappa shape index (κ1) is 21.3. The molecule has 0 atom stereocenters. The summed E-state index contributed by atoms with van der Waals surface area (Å²) in [5, 5.41) is 3.10. The Morgan fingerprint density at radius 3 is 2.32 bits per heavy atom. The quantitative estimate of drug-likeness (QED) is 0.631. The summed E-state index contributed by atoms with van der Waals surface area (Å²) >= 11 is 0. The van der Waals surface area contributed by atoms with Gasteiger partial charge in [0, 0.05) is 26.7 Å². The van der Waals surface area contributed by atoms with Crippen molar-refractivity contribution >= 4 is 22.4 Å². The average Bonchev–Trinajstić information content (AvgIpc) is 2.49. The molecule has 128 valence electrons. The predicted octanol–water partition coefficient (Wildman–Crippen LogP) is 1.75. The molecule has 2 N–H and O–H groups in total. The smallest absolute Gasteiger partial charge is 0.240 e. The van der Waals surface area contributed by atoms with Crippen molar-refractivity contribution in [3.63, 3.8) is 0 Å². The highest BCUT2D eigenvalue weighted by molar-refractivity contribution is 7.89. The van der Waals surface area contributed by atoms with Crippen molar-refractivity contribution in [3.8, 4) is 0 Å². The van der Waals surface area contributed by atoms with Gasteiger partial charge in [-0.15, -0.1) is 12.4 Å². The standard InChI is InChI=1S/C15H26N2O3S.ClH/c1-4-13-6-7-15(12-14(13)5-2)21(18,19)17-9-8-16-10-11-20-3;/h6-7,12,16-17H,4-5,8-11H2,1-3H3;1H. The molecule has 0 bridgehead atoms. The minimum atomic E-state index is -3.43. The molecule has 0 aromatic heterocycles. The van der Waals surface area contributed by atoms with Gasteiger partial charge >= 0.3 is 0 Å². The molecule has 0 aliphatic heterocycles. The summed E-state index contributed by atoms with van der Waals surface area (Å²) in [6.45, 7) is 6.39. The molecule has 0 unspecified atom stereocenters. The predicted molar refractivity (Wildman–Crippen MR) is 92.4 cm³/mol. The average molecular weight is 351 g/mol. The number of nitrogens with one attached hydrogen (secondary N) is 2. The molecule has 5 nitrogen and oxygen atoms in total. The van der Waals surface area contributed by atoms with E-state index < -0.39 is 10.0 Å². The van der Waals surface area contributed by atoms with Crippen LogP contribution in [0.5, 0.6) is 0 Å². The number of methoxy groups -OCH3 is 1. The zero-order valence-corrected chi connectivity index (χ0v) is 15.1. The topological polar surface area (TPSA) is 67.4 Å². The first-order valence-electron chi connectivity index (χ1n) is 7.36. The van der Waals surface area contributed by atoms with Crippen LogP contribution in [0, 0.1) is 0 Å². The van der Waals surface area contributed by atoms with E-state index in [2.05, 4.69) is 17.0 Å². The van der Waals surface area contributed by atoms with Gasteiger partial charge in [-0.3, -0.25) is 0 Å². The number of halogens is 1. The van der Waals surface area contributed by atoms with Gasteiger partial charge in [-0.1, -0.05) is 19.9 Å². The molecule has 0 saturated heterocycles. The maximum absolute atomic E-state index is 12.2. The van der Waals surface area contributed by atoms with Crippen LogP contribution in [0.3, 0.4) is 0 Å².